The van der Waals surface area contributed by atoms with Crippen molar-refractivity contribution in [2.45, 2.75) is 20.3 Å². The fourth-order valence-electron chi connectivity index (χ4n) is 3.55. The summed E-state index contributed by atoms with van der Waals surface area (Å²) in [6.45, 7) is 6.28. The molecule has 0 atom stereocenters. The highest BCUT2D eigenvalue weighted by Gasteiger charge is 2.21. The van der Waals surface area contributed by atoms with E-state index in [9.17, 15) is 0 Å². The minimum atomic E-state index is 0.923. The van der Waals surface area contributed by atoms with Crippen molar-refractivity contribution in [3.63, 3.8) is 0 Å². The third-order valence-corrected chi connectivity index (χ3v) is 4.88. The number of rotatable bonds is 3. The molecule has 2 aromatic carbocycles. The lowest BCUT2D eigenvalue weighted by molar-refractivity contribution is 0.734. The molecule has 0 fully saturated rings. The molecule has 1 aliphatic heterocycles. The first kappa shape index (κ1) is 15.9. The first-order valence-electron chi connectivity index (χ1n) is 8.87. The van der Waals surface area contributed by atoms with E-state index < -0.39 is 0 Å². The lowest BCUT2D eigenvalue weighted by atomic mass is 9.99. The van der Waals surface area contributed by atoms with Crippen molar-refractivity contribution >= 4 is 5.57 Å². The van der Waals surface area contributed by atoms with Crippen molar-refractivity contribution in [1.29, 1.82) is 0 Å². The van der Waals surface area contributed by atoms with Crippen molar-refractivity contribution in [3.8, 4) is 16.9 Å². The quantitative estimate of drug-likeness (QED) is 0.765. The van der Waals surface area contributed by atoms with Gasteiger partial charge in [-0.25, -0.2) is 4.68 Å². The van der Waals surface area contributed by atoms with Gasteiger partial charge in [0.05, 0.1) is 17.1 Å². The molecule has 0 aliphatic carbocycles. The van der Waals surface area contributed by atoms with Crippen LogP contribution >= 0.6 is 0 Å². The summed E-state index contributed by atoms with van der Waals surface area (Å²) in [5.41, 5.74) is 8.49. The van der Waals surface area contributed by atoms with E-state index in [0.717, 1.165) is 30.9 Å². The Kier molecular flexibility index (Phi) is 4.24. The Labute approximate surface area is 149 Å². The smallest absolute Gasteiger partial charge is 0.0920 e. The van der Waals surface area contributed by atoms with Crippen molar-refractivity contribution in [1.82, 2.24) is 15.1 Å². The molecular formula is C22H23N3. The van der Waals surface area contributed by atoms with E-state index in [-0.39, 0.29) is 0 Å². The predicted molar refractivity (Wildman–Crippen MR) is 104 cm³/mol. The Bertz CT molecular complexity index is 920. The molecule has 1 aliphatic rings. The Hall–Kier alpha value is -2.65. The third-order valence-electron chi connectivity index (χ3n) is 4.88. The van der Waals surface area contributed by atoms with Gasteiger partial charge in [0.2, 0.25) is 0 Å². The van der Waals surface area contributed by atoms with Crippen LogP contribution in [0.25, 0.3) is 22.5 Å². The molecule has 0 unspecified atom stereocenters. The van der Waals surface area contributed by atoms with Crippen LogP contribution in [0.1, 0.15) is 23.2 Å². The lowest BCUT2D eigenvalue weighted by Crippen LogP contribution is -2.20. The Morgan fingerprint density at radius 3 is 2.44 bits per heavy atom. The second-order valence-corrected chi connectivity index (χ2v) is 6.57. The molecule has 126 valence electrons. The van der Waals surface area contributed by atoms with Gasteiger partial charge < -0.3 is 5.32 Å². The molecule has 1 aromatic heterocycles. The van der Waals surface area contributed by atoms with Crippen LogP contribution in [-0.2, 0) is 0 Å². The van der Waals surface area contributed by atoms with Crippen LogP contribution < -0.4 is 5.32 Å². The van der Waals surface area contributed by atoms with Gasteiger partial charge in [0.15, 0.2) is 0 Å². The highest BCUT2D eigenvalue weighted by Crippen LogP contribution is 2.33. The maximum absolute atomic E-state index is 5.06. The Morgan fingerprint density at radius 2 is 1.72 bits per heavy atom. The average molecular weight is 329 g/mol. The maximum Gasteiger partial charge on any atom is 0.0920 e. The number of nitrogens with zero attached hydrogens (tertiary/aromatic N) is 2. The summed E-state index contributed by atoms with van der Waals surface area (Å²) in [6.07, 6.45) is 3.30. The van der Waals surface area contributed by atoms with Crippen LogP contribution in [0.4, 0.5) is 0 Å². The van der Waals surface area contributed by atoms with Gasteiger partial charge >= 0.3 is 0 Å². The van der Waals surface area contributed by atoms with Crippen molar-refractivity contribution in [2.24, 2.45) is 0 Å². The molecule has 0 saturated heterocycles. The fourth-order valence-corrected chi connectivity index (χ4v) is 3.55. The standard InChI is InChI=1S/C22H23N3/c1-16-8-6-7-11-20(16)25-22(19-9-4-3-5-10-19)17(2)21(24-25)18-12-14-23-15-13-18/h3-12,23H,13-15H2,1-2H3. The zero-order valence-electron chi connectivity index (χ0n) is 14.8. The van der Waals surface area contributed by atoms with Crippen LogP contribution in [0.3, 0.4) is 0 Å². The van der Waals surface area contributed by atoms with E-state index in [1.807, 2.05) is 0 Å². The van der Waals surface area contributed by atoms with Crippen LogP contribution in [0.2, 0.25) is 0 Å². The van der Waals surface area contributed by atoms with E-state index in [0.29, 0.717) is 0 Å². The fraction of sp³-hybridized carbons (Fsp3) is 0.227. The number of hydrogen-bond acceptors (Lipinski definition) is 2. The van der Waals surface area contributed by atoms with Crippen molar-refractivity contribution in [3.05, 3.63) is 77.5 Å². The van der Waals surface area contributed by atoms with Gasteiger partial charge in [0, 0.05) is 17.7 Å². The molecule has 0 radical (unpaired) electrons. The number of nitrogens with one attached hydrogen (secondary N) is 1. The Balaban J connectivity index is 1.96. The van der Waals surface area contributed by atoms with E-state index in [2.05, 4.69) is 84.5 Å². The van der Waals surface area contributed by atoms with E-state index >= 15 is 0 Å². The van der Waals surface area contributed by atoms with Gasteiger partial charge in [-0.1, -0.05) is 54.6 Å². The summed E-state index contributed by atoms with van der Waals surface area (Å²) in [7, 11) is 0. The summed E-state index contributed by atoms with van der Waals surface area (Å²) in [5.74, 6) is 0. The minimum absolute atomic E-state index is 0.923. The predicted octanol–water partition coefficient (Wildman–Crippen LogP) is 4.53. The van der Waals surface area contributed by atoms with Gasteiger partial charge in [-0.3, -0.25) is 0 Å². The normalized spacial score (nSPS) is 14.4. The second-order valence-electron chi connectivity index (χ2n) is 6.57. The zero-order chi connectivity index (χ0) is 17.2. The number of aryl methyl sites for hydroxylation is 1. The second kappa shape index (κ2) is 6.69. The van der Waals surface area contributed by atoms with Gasteiger partial charge in [0.25, 0.3) is 0 Å². The molecule has 25 heavy (non-hydrogen) atoms. The topological polar surface area (TPSA) is 29.9 Å². The molecule has 4 rings (SSSR count). The average Bonchev–Trinajstić information content (AvgIpc) is 3.00. The van der Waals surface area contributed by atoms with E-state index in [4.69, 9.17) is 5.10 Å². The maximum atomic E-state index is 5.06. The van der Waals surface area contributed by atoms with Crippen LogP contribution in [-0.4, -0.2) is 22.9 Å². The number of aromatic nitrogens is 2. The number of benzene rings is 2. The minimum Gasteiger partial charge on any atom is -0.313 e. The SMILES string of the molecule is Cc1ccccc1-n1nc(C2=CCNCC2)c(C)c1-c1ccccc1. The molecule has 0 saturated carbocycles. The highest BCUT2D eigenvalue weighted by atomic mass is 15.3. The molecule has 0 amide bonds. The van der Waals surface area contributed by atoms with Crippen molar-refractivity contribution < 1.29 is 0 Å². The van der Waals surface area contributed by atoms with Gasteiger partial charge in [-0.05, 0) is 44.0 Å². The van der Waals surface area contributed by atoms with Gasteiger partial charge in [0.1, 0.15) is 0 Å². The summed E-state index contributed by atoms with van der Waals surface area (Å²) in [5, 5.41) is 8.45. The monoisotopic (exact) mass is 329 g/mol. The number of para-hydroxylation sites is 1. The summed E-state index contributed by atoms with van der Waals surface area (Å²) >= 11 is 0. The highest BCUT2D eigenvalue weighted by molar-refractivity contribution is 5.75. The first-order valence-corrected chi connectivity index (χ1v) is 8.87. The van der Waals surface area contributed by atoms with Crippen LogP contribution in [0.15, 0.2) is 60.7 Å². The van der Waals surface area contributed by atoms with E-state index in [1.54, 1.807) is 0 Å². The molecule has 3 nitrogen and oxygen atoms in total. The molecule has 1 N–H and O–H groups in total. The van der Waals surface area contributed by atoms with Crippen LogP contribution in [0.5, 0.6) is 0 Å². The number of hydrogen-bond donors (Lipinski definition) is 1. The molecule has 3 aromatic rings. The van der Waals surface area contributed by atoms with Crippen molar-refractivity contribution in [2.75, 3.05) is 13.1 Å². The molecule has 0 spiro atoms. The Morgan fingerprint density at radius 1 is 0.960 bits per heavy atom. The third kappa shape index (κ3) is 2.92. The molecule has 0 bridgehead atoms. The molecule has 2 heterocycles. The molecular weight excluding hydrogens is 306 g/mol. The largest absolute Gasteiger partial charge is 0.313 e. The lowest BCUT2D eigenvalue weighted by Gasteiger charge is -2.12. The van der Waals surface area contributed by atoms with Gasteiger partial charge in [-0.2, -0.15) is 5.10 Å². The summed E-state index contributed by atoms with van der Waals surface area (Å²) < 4.78 is 2.12. The summed E-state index contributed by atoms with van der Waals surface area (Å²) in [6, 6.07) is 19.0. The van der Waals surface area contributed by atoms with E-state index in [1.165, 1.54) is 28.0 Å². The molecule has 3 heteroatoms. The van der Waals surface area contributed by atoms with Gasteiger partial charge in [-0.15, -0.1) is 0 Å². The first-order chi connectivity index (χ1) is 12.3. The van der Waals surface area contributed by atoms with Crippen LogP contribution in [0, 0.1) is 13.8 Å². The summed E-state index contributed by atoms with van der Waals surface area (Å²) in [4.78, 5) is 0. The zero-order valence-corrected chi connectivity index (χ0v) is 14.8.